The zero-order chi connectivity index (χ0) is 37.9. The summed E-state index contributed by atoms with van der Waals surface area (Å²) in [5, 5.41) is 31.2. The first-order chi connectivity index (χ1) is 24.8. The standard InChI is InChI=1S/2C20H23N3O.CH2O3/c2*1-20(2)17-7-5-6-8-18(17)23(3)19(20)14-22-21-13-15-9-11-16(24-4)12-10-15;2-1(3)4/h2*5-12,14H,13H2,1-4H3;(H2,2,3,4). The van der Waals surface area contributed by atoms with Gasteiger partial charge in [-0.1, -0.05) is 88.4 Å². The second-order valence-corrected chi connectivity index (χ2v) is 13.2. The number of allylic oxidation sites excluding steroid dienone is 2. The molecule has 0 fully saturated rings. The van der Waals surface area contributed by atoms with Crippen molar-refractivity contribution in [3.05, 3.63) is 143 Å². The molecule has 0 aromatic heterocycles. The summed E-state index contributed by atoms with van der Waals surface area (Å²) in [5.74, 6) is 1.70. The smallest absolute Gasteiger partial charge is 0.497 e. The van der Waals surface area contributed by atoms with Crippen LogP contribution < -0.4 is 19.3 Å². The lowest BCUT2D eigenvalue weighted by Gasteiger charge is -2.22. The molecule has 272 valence electrons. The predicted octanol–water partition coefficient (Wildman–Crippen LogP) is 10.1. The van der Waals surface area contributed by atoms with Crippen LogP contribution >= 0.6 is 0 Å². The average Bonchev–Trinajstić information content (AvgIpc) is 3.46. The average molecular weight is 705 g/mol. The summed E-state index contributed by atoms with van der Waals surface area (Å²) >= 11 is 0. The normalized spacial score (nSPS) is 16.6. The van der Waals surface area contributed by atoms with Crippen molar-refractivity contribution in [3.63, 3.8) is 0 Å². The minimum absolute atomic E-state index is 0.0650. The predicted molar refractivity (Wildman–Crippen MR) is 206 cm³/mol. The van der Waals surface area contributed by atoms with Gasteiger partial charge in [-0.3, -0.25) is 0 Å². The van der Waals surface area contributed by atoms with Crippen molar-refractivity contribution in [2.45, 2.75) is 51.6 Å². The number of benzene rings is 4. The Morgan fingerprint density at radius 1 is 0.615 bits per heavy atom. The molecule has 0 radical (unpaired) electrons. The fourth-order valence-electron chi connectivity index (χ4n) is 6.36. The third-order valence-electron chi connectivity index (χ3n) is 9.23. The van der Waals surface area contributed by atoms with E-state index in [1.165, 1.54) is 22.5 Å². The molecule has 0 saturated carbocycles. The van der Waals surface area contributed by atoms with Gasteiger partial charge in [-0.2, -0.15) is 20.5 Å². The van der Waals surface area contributed by atoms with Gasteiger partial charge in [0.15, 0.2) is 0 Å². The van der Waals surface area contributed by atoms with Crippen LogP contribution in [-0.2, 0) is 23.9 Å². The molecule has 4 aromatic rings. The maximum absolute atomic E-state index is 8.56. The van der Waals surface area contributed by atoms with Crippen molar-refractivity contribution in [2.75, 3.05) is 38.1 Å². The van der Waals surface area contributed by atoms with Crippen LogP contribution in [0.2, 0.25) is 0 Å². The number of methoxy groups -OCH3 is 2. The Kier molecular flexibility index (Phi) is 12.9. The summed E-state index contributed by atoms with van der Waals surface area (Å²) in [6.45, 7) is 10.0. The molecule has 0 amide bonds. The van der Waals surface area contributed by atoms with Crippen LogP contribution in [0, 0.1) is 0 Å². The van der Waals surface area contributed by atoms with Crippen LogP contribution in [0.4, 0.5) is 16.2 Å². The Morgan fingerprint density at radius 2 is 0.942 bits per heavy atom. The van der Waals surface area contributed by atoms with Gasteiger partial charge in [0.25, 0.3) is 0 Å². The lowest BCUT2D eigenvalue weighted by molar-refractivity contribution is 0.137. The van der Waals surface area contributed by atoms with Gasteiger partial charge in [-0.25, -0.2) is 4.79 Å². The number of carboxylic acid groups (broad SMARTS) is 2. The van der Waals surface area contributed by atoms with Crippen LogP contribution in [0.5, 0.6) is 11.5 Å². The van der Waals surface area contributed by atoms with E-state index in [4.69, 9.17) is 24.5 Å². The number of para-hydroxylation sites is 2. The third-order valence-corrected chi connectivity index (χ3v) is 9.23. The van der Waals surface area contributed by atoms with Crippen LogP contribution in [0.3, 0.4) is 0 Å². The molecule has 11 nitrogen and oxygen atoms in total. The van der Waals surface area contributed by atoms with Gasteiger partial charge in [0.2, 0.25) is 0 Å². The van der Waals surface area contributed by atoms with Crippen molar-refractivity contribution in [1.29, 1.82) is 0 Å². The summed E-state index contributed by atoms with van der Waals surface area (Å²) < 4.78 is 10.3. The Bertz CT molecular complexity index is 1790. The van der Waals surface area contributed by atoms with Crippen molar-refractivity contribution in [3.8, 4) is 11.5 Å². The van der Waals surface area contributed by atoms with Gasteiger partial charge in [0.1, 0.15) is 11.5 Å². The van der Waals surface area contributed by atoms with E-state index in [2.05, 4.69) is 121 Å². The minimum Gasteiger partial charge on any atom is -0.497 e. The molecule has 0 bridgehead atoms. The molecule has 11 heteroatoms. The van der Waals surface area contributed by atoms with Crippen molar-refractivity contribution in [2.24, 2.45) is 20.5 Å². The number of anilines is 2. The van der Waals surface area contributed by atoms with E-state index in [9.17, 15) is 0 Å². The molecule has 4 aromatic carbocycles. The number of carbonyl (C=O) groups is 1. The van der Waals surface area contributed by atoms with Crippen molar-refractivity contribution in [1.82, 2.24) is 0 Å². The van der Waals surface area contributed by atoms with Crippen LogP contribution in [0.15, 0.2) is 141 Å². The highest BCUT2D eigenvalue weighted by molar-refractivity contribution is 5.70. The first kappa shape index (κ1) is 38.8. The summed E-state index contributed by atoms with van der Waals surface area (Å²) in [6.07, 6.45) is 1.92. The summed E-state index contributed by atoms with van der Waals surface area (Å²) in [4.78, 5) is 12.9. The molecule has 0 atom stereocenters. The van der Waals surface area contributed by atoms with E-state index in [1.54, 1.807) is 14.2 Å². The van der Waals surface area contributed by atoms with Gasteiger partial charge < -0.3 is 29.5 Å². The van der Waals surface area contributed by atoms with Gasteiger partial charge in [0, 0.05) is 47.7 Å². The van der Waals surface area contributed by atoms with E-state index in [-0.39, 0.29) is 10.8 Å². The van der Waals surface area contributed by atoms with Crippen LogP contribution in [0.25, 0.3) is 0 Å². The van der Waals surface area contributed by atoms with E-state index in [0.717, 1.165) is 34.0 Å². The molecular weight excluding hydrogens is 656 g/mol. The van der Waals surface area contributed by atoms with Gasteiger partial charge in [0.05, 0.1) is 39.7 Å². The van der Waals surface area contributed by atoms with E-state index >= 15 is 0 Å². The monoisotopic (exact) mass is 704 g/mol. The summed E-state index contributed by atoms with van der Waals surface area (Å²) in [7, 11) is 7.49. The summed E-state index contributed by atoms with van der Waals surface area (Å²) in [6, 6.07) is 32.7. The van der Waals surface area contributed by atoms with E-state index < -0.39 is 6.16 Å². The Morgan fingerprint density at radius 3 is 1.25 bits per heavy atom. The van der Waals surface area contributed by atoms with Crippen LogP contribution in [0.1, 0.15) is 49.9 Å². The number of nitrogens with zero attached hydrogens (tertiary/aromatic N) is 6. The van der Waals surface area contributed by atoms with Gasteiger partial charge in [-0.15, -0.1) is 0 Å². The molecule has 2 heterocycles. The topological polar surface area (TPSA) is 132 Å². The maximum atomic E-state index is 8.56. The second-order valence-electron chi connectivity index (χ2n) is 13.2. The largest absolute Gasteiger partial charge is 0.503 e. The highest BCUT2D eigenvalue weighted by Crippen LogP contribution is 2.47. The molecule has 6 rings (SSSR count). The first-order valence-electron chi connectivity index (χ1n) is 16.8. The van der Waals surface area contributed by atoms with Gasteiger partial charge >= 0.3 is 6.16 Å². The lowest BCUT2D eigenvalue weighted by atomic mass is 9.84. The number of fused-ring (bicyclic) bond motifs is 2. The Balaban J connectivity index is 0.000000211. The molecular formula is C41H48N6O5. The molecule has 0 unspecified atom stereocenters. The molecule has 0 spiro atoms. The number of ether oxygens (including phenoxy) is 2. The Labute approximate surface area is 306 Å². The number of azo groups is 2. The molecule has 2 N–H and O–H groups in total. The zero-order valence-electron chi connectivity index (χ0n) is 31.1. The SMILES string of the molecule is COc1ccc(CN=NC=C2N(C)c3ccccc3C2(C)C)cc1.COc1ccc(CN=NC=C2N(C)c3ccccc3C2(C)C)cc1.O=C(O)O. The molecule has 0 aliphatic carbocycles. The van der Waals surface area contributed by atoms with Gasteiger partial charge in [-0.05, 0) is 58.7 Å². The maximum Gasteiger partial charge on any atom is 0.503 e. The highest BCUT2D eigenvalue weighted by atomic mass is 16.6. The zero-order valence-corrected chi connectivity index (χ0v) is 31.1. The quantitative estimate of drug-likeness (QED) is 0.175. The number of likely N-dealkylation sites (N-methyl/N-ethyl adjacent to an activating group) is 2. The molecule has 52 heavy (non-hydrogen) atoms. The third kappa shape index (κ3) is 9.22. The van der Waals surface area contributed by atoms with E-state index in [0.29, 0.717) is 13.1 Å². The second kappa shape index (κ2) is 17.3. The first-order valence-corrected chi connectivity index (χ1v) is 16.8. The Hall–Kier alpha value is -5.97. The van der Waals surface area contributed by atoms with Crippen LogP contribution in [-0.4, -0.2) is 44.7 Å². The number of hydrogen-bond donors (Lipinski definition) is 2. The van der Waals surface area contributed by atoms with Crippen molar-refractivity contribution >= 4 is 17.5 Å². The molecule has 2 aliphatic heterocycles. The summed E-state index contributed by atoms with van der Waals surface area (Å²) in [5.41, 5.74) is 9.52. The molecule has 0 saturated heterocycles. The van der Waals surface area contributed by atoms with Crippen molar-refractivity contribution < 1.29 is 24.5 Å². The minimum atomic E-state index is -1.83. The van der Waals surface area contributed by atoms with E-state index in [1.807, 2.05) is 60.9 Å². The number of hydrogen-bond acceptors (Lipinski definition) is 9. The number of rotatable bonds is 8. The fourth-order valence-corrected chi connectivity index (χ4v) is 6.36. The highest BCUT2D eigenvalue weighted by Gasteiger charge is 2.39. The lowest BCUT2D eigenvalue weighted by Crippen LogP contribution is -2.22. The fraction of sp³-hybridized carbons (Fsp3) is 0.293. The molecule has 2 aliphatic rings.